The Bertz CT molecular complexity index is 1070. The number of aryl methyl sites for hydroxylation is 1. The van der Waals surface area contributed by atoms with Crippen LogP contribution in [0.15, 0.2) is 54.6 Å². The lowest BCUT2D eigenvalue weighted by atomic mass is 10.1. The molecule has 0 aliphatic carbocycles. The molecule has 0 radical (unpaired) electrons. The molecule has 32 heavy (non-hydrogen) atoms. The first-order valence-corrected chi connectivity index (χ1v) is 11.4. The Morgan fingerprint density at radius 1 is 1.03 bits per heavy atom. The van der Waals surface area contributed by atoms with Gasteiger partial charge in [0.05, 0.1) is 12.1 Å². The summed E-state index contributed by atoms with van der Waals surface area (Å²) in [4.78, 5) is 23.1. The van der Waals surface area contributed by atoms with Gasteiger partial charge in [0, 0.05) is 69.3 Å². The van der Waals surface area contributed by atoms with Gasteiger partial charge in [0.15, 0.2) is 0 Å². The van der Waals surface area contributed by atoms with E-state index >= 15 is 0 Å². The number of piperazine rings is 1. The number of fused-ring (bicyclic) bond motifs is 1. The summed E-state index contributed by atoms with van der Waals surface area (Å²) in [7, 11) is 3.55. The fourth-order valence-electron chi connectivity index (χ4n) is 4.19. The Labute approximate surface area is 190 Å². The van der Waals surface area contributed by atoms with Crippen molar-refractivity contribution in [3.63, 3.8) is 0 Å². The molecule has 1 aliphatic heterocycles. The second kappa shape index (κ2) is 10.0. The number of likely N-dealkylation sites (N-methyl/N-ethyl adjacent to an activating group) is 1. The summed E-state index contributed by atoms with van der Waals surface area (Å²) in [5.74, 6) is 0.0744. The number of nitrogens with one attached hydrogen (secondary N) is 1. The van der Waals surface area contributed by atoms with Gasteiger partial charge in [-0.1, -0.05) is 18.2 Å². The number of hydrogen-bond acceptors (Lipinski definition) is 5. The molecule has 1 amide bonds. The van der Waals surface area contributed by atoms with Crippen molar-refractivity contribution in [3.05, 3.63) is 65.9 Å². The third-order valence-electron chi connectivity index (χ3n) is 6.15. The first-order valence-electron chi connectivity index (χ1n) is 11.4. The van der Waals surface area contributed by atoms with Gasteiger partial charge in [-0.15, -0.1) is 0 Å². The number of carbonyl (C=O) groups excluding carboxylic acids is 1. The van der Waals surface area contributed by atoms with Crippen LogP contribution in [0.25, 0.3) is 10.9 Å². The zero-order chi connectivity index (χ0) is 22.5. The van der Waals surface area contributed by atoms with E-state index in [0.717, 1.165) is 56.0 Å². The predicted octanol–water partition coefficient (Wildman–Crippen LogP) is 3.41. The van der Waals surface area contributed by atoms with Gasteiger partial charge < -0.3 is 15.1 Å². The smallest absolute Gasteiger partial charge is 0.241 e. The molecule has 3 aromatic rings. The summed E-state index contributed by atoms with van der Waals surface area (Å²) >= 11 is 0. The van der Waals surface area contributed by atoms with Gasteiger partial charge in [0.2, 0.25) is 5.91 Å². The van der Waals surface area contributed by atoms with Crippen molar-refractivity contribution in [2.45, 2.75) is 13.3 Å². The van der Waals surface area contributed by atoms with Crippen LogP contribution in [0.5, 0.6) is 0 Å². The number of rotatable bonds is 7. The molecule has 0 atom stereocenters. The zero-order valence-corrected chi connectivity index (χ0v) is 19.3. The Kier molecular flexibility index (Phi) is 6.90. The molecule has 2 heterocycles. The van der Waals surface area contributed by atoms with Gasteiger partial charge in [-0.3, -0.25) is 14.7 Å². The van der Waals surface area contributed by atoms with Crippen LogP contribution in [0.4, 0.5) is 11.4 Å². The van der Waals surface area contributed by atoms with Crippen LogP contribution in [0, 0.1) is 6.92 Å². The molecule has 2 aromatic carbocycles. The second-order valence-corrected chi connectivity index (χ2v) is 8.72. The molecule has 0 spiro atoms. The number of hydrogen-bond donors (Lipinski definition) is 1. The van der Waals surface area contributed by atoms with Crippen LogP contribution >= 0.6 is 0 Å². The maximum absolute atomic E-state index is 11.8. The summed E-state index contributed by atoms with van der Waals surface area (Å²) in [6, 6.07) is 19.1. The van der Waals surface area contributed by atoms with E-state index in [2.05, 4.69) is 68.6 Å². The topological polar surface area (TPSA) is 51.7 Å². The van der Waals surface area contributed by atoms with E-state index in [-0.39, 0.29) is 5.91 Å². The van der Waals surface area contributed by atoms with E-state index in [4.69, 9.17) is 0 Å². The molecule has 6 heteroatoms. The Morgan fingerprint density at radius 3 is 2.59 bits per heavy atom. The minimum atomic E-state index is 0.0744. The number of benzene rings is 2. The van der Waals surface area contributed by atoms with E-state index in [1.165, 1.54) is 16.6 Å². The highest BCUT2D eigenvalue weighted by atomic mass is 16.2. The van der Waals surface area contributed by atoms with Gasteiger partial charge in [-0.25, -0.2) is 0 Å². The third kappa shape index (κ3) is 5.37. The predicted molar refractivity (Wildman–Crippen MR) is 132 cm³/mol. The van der Waals surface area contributed by atoms with Crippen LogP contribution in [0.2, 0.25) is 0 Å². The van der Waals surface area contributed by atoms with Crippen LogP contribution in [0.3, 0.4) is 0 Å². The van der Waals surface area contributed by atoms with E-state index in [1.807, 2.05) is 13.0 Å². The van der Waals surface area contributed by atoms with Crippen molar-refractivity contribution in [1.82, 2.24) is 14.8 Å². The Balaban J connectivity index is 1.30. The van der Waals surface area contributed by atoms with Crippen molar-refractivity contribution in [1.29, 1.82) is 0 Å². The zero-order valence-electron chi connectivity index (χ0n) is 19.3. The number of amides is 1. The fourth-order valence-corrected chi connectivity index (χ4v) is 4.19. The van der Waals surface area contributed by atoms with Crippen LogP contribution in [-0.4, -0.2) is 74.1 Å². The number of nitrogens with zero attached hydrogens (tertiary/aromatic N) is 4. The molecular formula is C26H33N5O. The lowest BCUT2D eigenvalue weighted by molar-refractivity contribution is -0.126. The van der Waals surface area contributed by atoms with Gasteiger partial charge >= 0.3 is 0 Å². The molecule has 1 N–H and O–H groups in total. The first-order chi connectivity index (χ1) is 15.5. The average molecular weight is 432 g/mol. The van der Waals surface area contributed by atoms with Crippen molar-refractivity contribution < 1.29 is 4.79 Å². The van der Waals surface area contributed by atoms with Crippen LogP contribution < -0.4 is 10.2 Å². The summed E-state index contributed by atoms with van der Waals surface area (Å²) in [5.41, 5.74) is 5.72. The lowest BCUT2D eigenvalue weighted by Gasteiger charge is -2.36. The van der Waals surface area contributed by atoms with E-state index in [1.54, 1.807) is 19.0 Å². The number of aromatic nitrogens is 1. The summed E-state index contributed by atoms with van der Waals surface area (Å²) in [5, 5.41) is 4.47. The lowest BCUT2D eigenvalue weighted by Crippen LogP contribution is -2.47. The molecule has 1 aliphatic rings. The van der Waals surface area contributed by atoms with Crippen molar-refractivity contribution in [3.8, 4) is 0 Å². The maximum atomic E-state index is 11.8. The van der Waals surface area contributed by atoms with Crippen LogP contribution in [-0.2, 0) is 11.2 Å². The SMILES string of the molecule is Cc1ccc2c(N3CCN(CCc4cccc(NCC(=O)N(C)C)c4)CC3)cccc2n1. The highest BCUT2D eigenvalue weighted by Crippen LogP contribution is 2.27. The summed E-state index contributed by atoms with van der Waals surface area (Å²) in [6.07, 6.45) is 1.01. The number of pyridine rings is 1. The van der Waals surface area contributed by atoms with Crippen molar-refractivity contribution in [2.24, 2.45) is 0 Å². The average Bonchev–Trinajstić information content (AvgIpc) is 2.81. The molecule has 1 fully saturated rings. The molecule has 0 unspecified atom stereocenters. The molecular weight excluding hydrogens is 398 g/mol. The maximum Gasteiger partial charge on any atom is 0.241 e. The minimum absolute atomic E-state index is 0.0744. The molecule has 0 bridgehead atoms. The minimum Gasteiger partial charge on any atom is -0.376 e. The quantitative estimate of drug-likeness (QED) is 0.621. The highest BCUT2D eigenvalue weighted by Gasteiger charge is 2.18. The number of carbonyl (C=O) groups is 1. The molecule has 1 saturated heterocycles. The van der Waals surface area contributed by atoms with Crippen molar-refractivity contribution in [2.75, 3.05) is 63.6 Å². The summed E-state index contributed by atoms with van der Waals surface area (Å²) in [6.45, 7) is 7.59. The standard InChI is InChI=1S/C26H33N5O/c1-20-10-11-23-24(28-20)8-5-9-25(23)31-16-14-30(15-17-31)13-12-21-6-4-7-22(18-21)27-19-26(32)29(2)3/h4-11,18,27H,12-17,19H2,1-3H3. The van der Waals surface area contributed by atoms with E-state index in [0.29, 0.717) is 6.54 Å². The summed E-state index contributed by atoms with van der Waals surface area (Å²) < 4.78 is 0. The molecule has 168 valence electrons. The molecule has 6 nitrogen and oxygen atoms in total. The third-order valence-corrected chi connectivity index (χ3v) is 6.15. The largest absolute Gasteiger partial charge is 0.376 e. The molecule has 0 saturated carbocycles. The van der Waals surface area contributed by atoms with Gasteiger partial charge in [-0.05, 0) is 55.3 Å². The van der Waals surface area contributed by atoms with E-state index in [9.17, 15) is 4.79 Å². The number of anilines is 2. The highest BCUT2D eigenvalue weighted by molar-refractivity contribution is 5.92. The molecule has 4 rings (SSSR count). The van der Waals surface area contributed by atoms with Gasteiger partial charge in [0.1, 0.15) is 0 Å². The van der Waals surface area contributed by atoms with Gasteiger partial charge in [-0.2, -0.15) is 0 Å². The normalized spacial score (nSPS) is 14.5. The van der Waals surface area contributed by atoms with Gasteiger partial charge in [0.25, 0.3) is 0 Å². The monoisotopic (exact) mass is 431 g/mol. The Hall–Kier alpha value is -3.12. The molecule has 1 aromatic heterocycles. The Morgan fingerprint density at radius 2 is 1.81 bits per heavy atom. The second-order valence-electron chi connectivity index (χ2n) is 8.72. The first kappa shape index (κ1) is 22.1. The van der Waals surface area contributed by atoms with Crippen LogP contribution in [0.1, 0.15) is 11.3 Å². The van der Waals surface area contributed by atoms with Crippen molar-refractivity contribution >= 4 is 28.2 Å². The fraction of sp³-hybridized carbons (Fsp3) is 0.385. The van der Waals surface area contributed by atoms with E-state index < -0.39 is 0 Å².